The minimum atomic E-state index is -0.285. The Labute approximate surface area is 121 Å². The van der Waals surface area contributed by atoms with Gasteiger partial charge in [-0.15, -0.1) is 0 Å². The molecule has 2 aromatic rings. The molecule has 0 radical (unpaired) electrons. The lowest BCUT2D eigenvalue weighted by Gasteiger charge is -2.05. The van der Waals surface area contributed by atoms with Crippen LogP contribution in [0.15, 0.2) is 35.1 Å². The van der Waals surface area contributed by atoms with Crippen LogP contribution >= 0.6 is 0 Å². The van der Waals surface area contributed by atoms with Crippen LogP contribution in [-0.2, 0) is 0 Å². The Bertz CT molecular complexity index is 610. The van der Waals surface area contributed by atoms with E-state index in [0.29, 0.717) is 30.8 Å². The van der Waals surface area contributed by atoms with Crippen LogP contribution in [0.2, 0.25) is 0 Å². The Balaban J connectivity index is 1.64. The van der Waals surface area contributed by atoms with Gasteiger partial charge in [0.2, 0.25) is 0 Å². The molecule has 0 unspecified atom stereocenters. The van der Waals surface area contributed by atoms with Gasteiger partial charge in [0, 0.05) is 37.1 Å². The largest absolute Gasteiger partial charge is 0.361 e. The second kappa shape index (κ2) is 7.18. The van der Waals surface area contributed by atoms with E-state index in [1.807, 2.05) is 0 Å². The van der Waals surface area contributed by atoms with Gasteiger partial charge in [-0.1, -0.05) is 5.16 Å². The van der Waals surface area contributed by atoms with Crippen molar-refractivity contribution in [3.63, 3.8) is 0 Å². The first kappa shape index (κ1) is 14.7. The molecule has 7 nitrogen and oxygen atoms in total. The molecule has 2 rings (SSSR count). The molecule has 0 bridgehead atoms. The second-order valence-corrected chi connectivity index (χ2v) is 4.42. The van der Waals surface area contributed by atoms with Crippen LogP contribution in [-0.4, -0.2) is 35.0 Å². The van der Waals surface area contributed by atoms with E-state index in [4.69, 9.17) is 4.52 Å². The van der Waals surface area contributed by atoms with Crippen molar-refractivity contribution in [3.05, 3.63) is 47.6 Å². The maximum Gasteiger partial charge on any atom is 0.273 e. The number of hydrogen-bond donors (Lipinski definition) is 2. The average Bonchev–Trinajstić information content (AvgIpc) is 2.94. The lowest BCUT2D eigenvalue weighted by atomic mass is 10.2. The molecule has 2 amide bonds. The van der Waals surface area contributed by atoms with Gasteiger partial charge in [-0.3, -0.25) is 14.6 Å². The van der Waals surface area contributed by atoms with E-state index < -0.39 is 0 Å². The molecule has 0 aliphatic heterocycles. The summed E-state index contributed by atoms with van der Waals surface area (Å²) in [5.41, 5.74) is 0.820. The zero-order valence-corrected chi connectivity index (χ0v) is 11.6. The van der Waals surface area contributed by atoms with Gasteiger partial charge >= 0.3 is 0 Å². The maximum absolute atomic E-state index is 11.7. The highest BCUT2D eigenvalue weighted by Gasteiger charge is 2.09. The third-order valence-electron chi connectivity index (χ3n) is 2.73. The van der Waals surface area contributed by atoms with Gasteiger partial charge in [-0.25, -0.2) is 0 Å². The van der Waals surface area contributed by atoms with E-state index in [9.17, 15) is 9.59 Å². The highest BCUT2D eigenvalue weighted by atomic mass is 16.5. The van der Waals surface area contributed by atoms with E-state index in [2.05, 4.69) is 20.8 Å². The van der Waals surface area contributed by atoms with E-state index in [-0.39, 0.29) is 17.5 Å². The lowest BCUT2D eigenvalue weighted by molar-refractivity contribution is 0.0944. The van der Waals surface area contributed by atoms with Crippen LogP contribution < -0.4 is 10.6 Å². The van der Waals surface area contributed by atoms with Gasteiger partial charge in [0.05, 0.1) is 0 Å². The average molecular weight is 288 g/mol. The number of aromatic nitrogens is 2. The summed E-state index contributed by atoms with van der Waals surface area (Å²) in [4.78, 5) is 27.2. The molecule has 2 N–H and O–H groups in total. The van der Waals surface area contributed by atoms with Crippen LogP contribution in [0.5, 0.6) is 0 Å². The molecule has 21 heavy (non-hydrogen) atoms. The van der Waals surface area contributed by atoms with E-state index in [0.717, 1.165) is 0 Å². The molecule has 0 atom stereocenters. The molecule has 0 aliphatic carbocycles. The van der Waals surface area contributed by atoms with Gasteiger partial charge in [-0.2, -0.15) is 0 Å². The van der Waals surface area contributed by atoms with Gasteiger partial charge in [0.15, 0.2) is 5.69 Å². The standard InChI is InChI=1S/C14H16N4O3/c1-10-9-12(18-21-10)14(20)17-6-2-5-16-13(19)11-3-7-15-8-4-11/h3-4,7-9H,2,5-6H2,1H3,(H,16,19)(H,17,20). The van der Waals surface area contributed by atoms with Gasteiger partial charge < -0.3 is 15.2 Å². The van der Waals surface area contributed by atoms with Crippen LogP contribution in [0.4, 0.5) is 0 Å². The van der Waals surface area contributed by atoms with Crippen molar-refractivity contribution < 1.29 is 14.1 Å². The Morgan fingerprint density at radius 2 is 1.81 bits per heavy atom. The minimum Gasteiger partial charge on any atom is -0.361 e. The minimum absolute atomic E-state index is 0.157. The Kier molecular flexibility index (Phi) is 5.03. The molecule has 0 saturated carbocycles. The molecule has 7 heteroatoms. The first-order valence-electron chi connectivity index (χ1n) is 6.56. The summed E-state index contributed by atoms with van der Waals surface area (Å²) in [6.07, 6.45) is 3.75. The van der Waals surface area contributed by atoms with Crippen LogP contribution in [0, 0.1) is 6.92 Å². The number of nitrogens with zero attached hydrogens (tertiary/aromatic N) is 2. The normalized spacial score (nSPS) is 10.1. The fraction of sp³-hybridized carbons (Fsp3) is 0.286. The summed E-state index contributed by atoms with van der Waals surface area (Å²) < 4.78 is 4.82. The SMILES string of the molecule is Cc1cc(C(=O)NCCCNC(=O)c2ccncc2)no1. The molecule has 110 valence electrons. The third kappa shape index (κ3) is 4.41. The van der Waals surface area contributed by atoms with Crippen molar-refractivity contribution in [2.24, 2.45) is 0 Å². The van der Waals surface area contributed by atoms with Crippen LogP contribution in [0.1, 0.15) is 33.0 Å². The molecule has 0 spiro atoms. The maximum atomic E-state index is 11.7. The molecular weight excluding hydrogens is 272 g/mol. The summed E-state index contributed by atoms with van der Waals surface area (Å²) in [5, 5.41) is 9.09. The Morgan fingerprint density at radius 3 is 2.43 bits per heavy atom. The Hall–Kier alpha value is -2.70. The van der Waals surface area contributed by atoms with Crippen LogP contribution in [0.3, 0.4) is 0 Å². The summed E-state index contributed by atoms with van der Waals surface area (Å²) in [6.45, 7) is 2.64. The highest BCUT2D eigenvalue weighted by molar-refractivity contribution is 5.94. The van der Waals surface area contributed by atoms with E-state index in [1.54, 1.807) is 37.5 Å². The molecular formula is C14H16N4O3. The second-order valence-electron chi connectivity index (χ2n) is 4.42. The zero-order valence-electron chi connectivity index (χ0n) is 11.6. The smallest absolute Gasteiger partial charge is 0.273 e. The van der Waals surface area contributed by atoms with Gasteiger partial charge in [0.1, 0.15) is 5.76 Å². The zero-order chi connectivity index (χ0) is 15.1. The quantitative estimate of drug-likeness (QED) is 0.771. The fourth-order valence-corrected chi connectivity index (χ4v) is 1.66. The summed E-state index contributed by atoms with van der Waals surface area (Å²) in [6, 6.07) is 4.86. The molecule has 0 saturated heterocycles. The monoisotopic (exact) mass is 288 g/mol. The number of carbonyl (C=O) groups is 2. The third-order valence-corrected chi connectivity index (χ3v) is 2.73. The molecule has 2 aromatic heterocycles. The number of pyridine rings is 1. The van der Waals surface area contributed by atoms with Crippen molar-refractivity contribution in [3.8, 4) is 0 Å². The topological polar surface area (TPSA) is 97.1 Å². The first-order chi connectivity index (χ1) is 10.2. The Morgan fingerprint density at radius 1 is 1.14 bits per heavy atom. The molecule has 0 aliphatic rings. The first-order valence-corrected chi connectivity index (χ1v) is 6.56. The predicted molar refractivity (Wildman–Crippen MR) is 74.8 cm³/mol. The summed E-state index contributed by atoms with van der Waals surface area (Å²) in [7, 11) is 0. The molecule has 2 heterocycles. The van der Waals surface area contributed by atoms with Crippen LogP contribution in [0.25, 0.3) is 0 Å². The summed E-state index contributed by atoms with van der Waals surface area (Å²) >= 11 is 0. The predicted octanol–water partition coefficient (Wildman–Crippen LogP) is 0.928. The highest BCUT2D eigenvalue weighted by Crippen LogP contribution is 2.00. The molecule has 0 aromatic carbocycles. The number of hydrogen-bond acceptors (Lipinski definition) is 5. The lowest BCUT2D eigenvalue weighted by Crippen LogP contribution is -2.30. The number of nitrogens with one attached hydrogen (secondary N) is 2. The van der Waals surface area contributed by atoms with Crippen molar-refractivity contribution in [1.29, 1.82) is 0 Å². The number of aryl methyl sites for hydroxylation is 1. The number of rotatable bonds is 6. The van der Waals surface area contributed by atoms with Gasteiger partial charge in [-0.05, 0) is 25.5 Å². The van der Waals surface area contributed by atoms with Crippen molar-refractivity contribution in [1.82, 2.24) is 20.8 Å². The van der Waals surface area contributed by atoms with E-state index in [1.165, 1.54) is 0 Å². The fourth-order valence-electron chi connectivity index (χ4n) is 1.66. The summed E-state index contributed by atoms with van der Waals surface area (Å²) in [5.74, 6) is 0.146. The number of carbonyl (C=O) groups excluding carboxylic acids is 2. The van der Waals surface area contributed by atoms with E-state index >= 15 is 0 Å². The van der Waals surface area contributed by atoms with Gasteiger partial charge in [0.25, 0.3) is 11.8 Å². The molecule has 0 fully saturated rings. The number of amides is 2. The van der Waals surface area contributed by atoms with Crippen molar-refractivity contribution in [2.75, 3.05) is 13.1 Å². The van der Waals surface area contributed by atoms with Crippen molar-refractivity contribution in [2.45, 2.75) is 13.3 Å². The van der Waals surface area contributed by atoms with Crippen molar-refractivity contribution >= 4 is 11.8 Å².